The number of hydrogen-bond acceptors (Lipinski definition) is 4. The van der Waals surface area contributed by atoms with E-state index in [0.29, 0.717) is 18.8 Å². The summed E-state index contributed by atoms with van der Waals surface area (Å²) in [6, 6.07) is 9.56. The highest BCUT2D eigenvalue weighted by molar-refractivity contribution is 5.92. The van der Waals surface area contributed by atoms with Crippen LogP contribution in [0.25, 0.3) is 11.3 Å². The molecule has 116 valence electrons. The summed E-state index contributed by atoms with van der Waals surface area (Å²) in [4.78, 5) is 14.1. The Labute approximate surface area is 129 Å². The maximum Gasteiger partial charge on any atom is 0.292 e. The molecular formula is C17H20N2O3. The number of aryl methyl sites for hydroxylation is 1. The van der Waals surface area contributed by atoms with Gasteiger partial charge in [-0.05, 0) is 19.3 Å². The van der Waals surface area contributed by atoms with Crippen LogP contribution in [-0.2, 0) is 0 Å². The first kappa shape index (κ1) is 14.8. The van der Waals surface area contributed by atoms with Crippen LogP contribution in [-0.4, -0.2) is 40.3 Å². The fraction of sp³-hybridized carbons (Fsp3) is 0.412. The van der Waals surface area contributed by atoms with Gasteiger partial charge in [0.05, 0.1) is 6.10 Å². The lowest BCUT2D eigenvalue weighted by molar-refractivity contribution is 0.0226. The Hall–Kier alpha value is -2.14. The molecule has 1 aromatic carbocycles. The van der Waals surface area contributed by atoms with Gasteiger partial charge in [-0.25, -0.2) is 0 Å². The lowest BCUT2D eigenvalue weighted by Crippen LogP contribution is -2.45. The molecule has 3 rings (SSSR count). The van der Waals surface area contributed by atoms with Crippen LogP contribution in [0.4, 0.5) is 0 Å². The second-order valence-electron chi connectivity index (χ2n) is 6.03. The number of β-amino-alcohol motifs (C(OH)–C–C–N with tert-alkyl or cyclic N) is 1. The number of aliphatic hydroxyl groups excluding tert-OH is 1. The average Bonchev–Trinajstić information content (AvgIpc) is 3.00. The lowest BCUT2D eigenvalue weighted by Gasteiger charge is -2.33. The molecule has 2 heterocycles. The molecule has 5 heteroatoms. The molecule has 2 unspecified atom stereocenters. The zero-order valence-corrected chi connectivity index (χ0v) is 12.8. The number of aliphatic hydroxyl groups is 1. The van der Waals surface area contributed by atoms with E-state index in [1.807, 2.05) is 38.1 Å². The number of likely N-dealkylation sites (tertiary alicyclic amines) is 1. The minimum Gasteiger partial charge on any atom is -0.391 e. The van der Waals surface area contributed by atoms with Gasteiger partial charge in [-0.2, -0.15) is 0 Å². The van der Waals surface area contributed by atoms with Crippen molar-refractivity contribution in [3.05, 3.63) is 41.7 Å². The van der Waals surface area contributed by atoms with Crippen molar-refractivity contribution in [2.24, 2.45) is 5.92 Å². The van der Waals surface area contributed by atoms with Crippen LogP contribution in [0.15, 0.2) is 34.9 Å². The topological polar surface area (TPSA) is 66.6 Å². The number of amides is 1. The lowest BCUT2D eigenvalue weighted by atomic mass is 9.96. The number of benzene rings is 1. The molecular weight excluding hydrogens is 280 g/mol. The van der Waals surface area contributed by atoms with Crippen molar-refractivity contribution in [2.45, 2.75) is 26.4 Å². The third-order valence-electron chi connectivity index (χ3n) is 4.27. The Bertz CT molecular complexity index is 663. The normalized spacial score (nSPS) is 21.9. The molecule has 0 bridgehead atoms. The molecule has 0 aliphatic carbocycles. The largest absolute Gasteiger partial charge is 0.391 e. The molecule has 1 aliphatic rings. The third kappa shape index (κ3) is 2.90. The number of rotatable bonds is 2. The summed E-state index contributed by atoms with van der Waals surface area (Å²) in [5.74, 6) is 0.232. The zero-order valence-electron chi connectivity index (χ0n) is 12.8. The predicted molar refractivity (Wildman–Crippen MR) is 82.4 cm³/mol. The molecule has 1 aliphatic heterocycles. The van der Waals surface area contributed by atoms with E-state index < -0.39 is 6.10 Å². The second kappa shape index (κ2) is 5.93. The Morgan fingerprint density at radius 1 is 1.36 bits per heavy atom. The van der Waals surface area contributed by atoms with E-state index in [1.165, 1.54) is 5.56 Å². The van der Waals surface area contributed by atoms with Crippen LogP contribution in [0.1, 0.15) is 29.5 Å². The van der Waals surface area contributed by atoms with Crippen LogP contribution in [0.2, 0.25) is 0 Å². The van der Waals surface area contributed by atoms with Crippen LogP contribution >= 0.6 is 0 Å². The summed E-state index contributed by atoms with van der Waals surface area (Å²) in [7, 11) is 0. The summed E-state index contributed by atoms with van der Waals surface area (Å²) in [6.07, 6.45) is 0.323. The highest BCUT2D eigenvalue weighted by Gasteiger charge is 2.29. The number of carbonyl (C=O) groups is 1. The number of aromatic nitrogens is 1. The first-order chi connectivity index (χ1) is 10.5. The first-order valence-electron chi connectivity index (χ1n) is 7.55. The molecule has 0 radical (unpaired) electrons. The van der Waals surface area contributed by atoms with E-state index in [1.54, 1.807) is 11.0 Å². The molecule has 0 spiro atoms. The van der Waals surface area contributed by atoms with Crippen molar-refractivity contribution in [3.63, 3.8) is 0 Å². The smallest absolute Gasteiger partial charge is 0.292 e. The quantitative estimate of drug-likeness (QED) is 0.925. The molecule has 2 aromatic rings. The van der Waals surface area contributed by atoms with E-state index in [2.05, 4.69) is 5.16 Å². The maximum atomic E-state index is 12.4. The molecule has 1 saturated heterocycles. The van der Waals surface area contributed by atoms with Gasteiger partial charge in [0.15, 0.2) is 0 Å². The summed E-state index contributed by atoms with van der Waals surface area (Å²) in [5, 5.41) is 13.9. The Kier molecular flexibility index (Phi) is 3.98. The van der Waals surface area contributed by atoms with Gasteiger partial charge in [0.1, 0.15) is 5.69 Å². The molecule has 2 atom stereocenters. The number of hydrogen-bond donors (Lipinski definition) is 1. The van der Waals surface area contributed by atoms with Crippen molar-refractivity contribution in [2.75, 3.05) is 13.1 Å². The fourth-order valence-electron chi connectivity index (χ4n) is 2.63. The van der Waals surface area contributed by atoms with E-state index in [4.69, 9.17) is 4.52 Å². The van der Waals surface area contributed by atoms with Crippen molar-refractivity contribution in [3.8, 4) is 11.3 Å². The fourth-order valence-corrected chi connectivity index (χ4v) is 2.63. The Balaban J connectivity index is 1.76. The number of piperidine rings is 1. The molecule has 0 saturated carbocycles. The van der Waals surface area contributed by atoms with Gasteiger partial charge in [-0.15, -0.1) is 0 Å². The third-order valence-corrected chi connectivity index (χ3v) is 4.27. The minimum absolute atomic E-state index is 0.211. The summed E-state index contributed by atoms with van der Waals surface area (Å²) < 4.78 is 5.20. The number of carbonyl (C=O) groups excluding carboxylic acids is 1. The summed E-state index contributed by atoms with van der Waals surface area (Å²) in [6.45, 7) is 5.00. The maximum absolute atomic E-state index is 12.4. The van der Waals surface area contributed by atoms with Crippen molar-refractivity contribution < 1.29 is 14.4 Å². The van der Waals surface area contributed by atoms with Crippen molar-refractivity contribution in [1.29, 1.82) is 0 Å². The first-order valence-corrected chi connectivity index (χ1v) is 7.55. The highest BCUT2D eigenvalue weighted by Crippen LogP contribution is 2.23. The molecule has 1 aromatic heterocycles. The van der Waals surface area contributed by atoms with E-state index in [-0.39, 0.29) is 17.6 Å². The van der Waals surface area contributed by atoms with Crippen LogP contribution in [0.3, 0.4) is 0 Å². The van der Waals surface area contributed by atoms with Gasteiger partial charge in [-0.1, -0.05) is 41.9 Å². The molecule has 1 amide bonds. The monoisotopic (exact) mass is 300 g/mol. The molecule has 1 N–H and O–H groups in total. The Morgan fingerprint density at radius 2 is 2.09 bits per heavy atom. The second-order valence-corrected chi connectivity index (χ2v) is 6.03. The van der Waals surface area contributed by atoms with Gasteiger partial charge in [0.2, 0.25) is 5.76 Å². The van der Waals surface area contributed by atoms with Crippen LogP contribution < -0.4 is 0 Å². The van der Waals surface area contributed by atoms with Gasteiger partial charge in [0, 0.05) is 24.7 Å². The van der Waals surface area contributed by atoms with Crippen molar-refractivity contribution >= 4 is 5.91 Å². The van der Waals surface area contributed by atoms with Gasteiger partial charge in [0.25, 0.3) is 5.91 Å². The standard InChI is InChI=1S/C17H20N2O3/c1-11-3-5-13(6-4-11)14-9-16(22-18-14)17(21)19-8-7-12(2)15(20)10-19/h3-6,9,12,15,20H,7-8,10H2,1-2H3. The van der Waals surface area contributed by atoms with E-state index in [0.717, 1.165) is 12.0 Å². The van der Waals surface area contributed by atoms with Gasteiger partial charge >= 0.3 is 0 Å². The SMILES string of the molecule is Cc1ccc(-c2cc(C(=O)N3CCC(C)C(O)C3)on2)cc1. The van der Waals surface area contributed by atoms with Crippen LogP contribution in [0.5, 0.6) is 0 Å². The molecule has 1 fully saturated rings. The predicted octanol–water partition coefficient (Wildman–Crippen LogP) is 2.49. The number of nitrogens with zero attached hydrogens (tertiary/aromatic N) is 2. The highest BCUT2D eigenvalue weighted by atomic mass is 16.5. The minimum atomic E-state index is -0.475. The van der Waals surface area contributed by atoms with Crippen LogP contribution in [0, 0.1) is 12.8 Å². The zero-order chi connectivity index (χ0) is 15.7. The summed E-state index contributed by atoms with van der Waals surface area (Å²) in [5.41, 5.74) is 2.73. The van der Waals surface area contributed by atoms with E-state index >= 15 is 0 Å². The van der Waals surface area contributed by atoms with Crippen molar-refractivity contribution in [1.82, 2.24) is 10.1 Å². The average molecular weight is 300 g/mol. The molecule has 22 heavy (non-hydrogen) atoms. The Morgan fingerprint density at radius 3 is 2.77 bits per heavy atom. The summed E-state index contributed by atoms with van der Waals surface area (Å²) >= 11 is 0. The van der Waals surface area contributed by atoms with Gasteiger partial charge < -0.3 is 14.5 Å². The molecule has 5 nitrogen and oxygen atoms in total. The van der Waals surface area contributed by atoms with Gasteiger partial charge in [-0.3, -0.25) is 4.79 Å². The van der Waals surface area contributed by atoms with E-state index in [9.17, 15) is 9.90 Å².